The minimum atomic E-state index is -0.419. The Morgan fingerprint density at radius 2 is 2.20 bits per heavy atom. The Morgan fingerprint density at radius 1 is 1.60 bits per heavy atom. The third-order valence-electron chi connectivity index (χ3n) is 2.53. The summed E-state index contributed by atoms with van der Waals surface area (Å²) in [7, 11) is 0. The maximum atomic E-state index is 9.33. The molecular weight excluding hydrogens is 130 g/mol. The lowest BCUT2D eigenvalue weighted by atomic mass is 9.98. The molecule has 4 atom stereocenters. The quantitative estimate of drug-likeness (QED) is 0.458. The molecule has 4 unspecified atom stereocenters. The van der Waals surface area contributed by atoms with E-state index >= 15 is 0 Å². The van der Waals surface area contributed by atoms with E-state index in [0.717, 1.165) is 6.42 Å². The Morgan fingerprint density at radius 3 is 2.40 bits per heavy atom. The molecule has 0 aromatic carbocycles. The van der Waals surface area contributed by atoms with Gasteiger partial charge in [-0.15, -0.1) is 0 Å². The molecule has 0 heterocycles. The van der Waals surface area contributed by atoms with Crippen molar-refractivity contribution in [3.05, 3.63) is 0 Å². The summed E-state index contributed by atoms with van der Waals surface area (Å²) in [5, 5.41) is 18.1. The number of hydrogen-bond acceptors (Lipinski definition) is 3. The average Bonchev–Trinajstić information content (AvgIpc) is 2.17. The molecule has 1 saturated carbocycles. The normalized spacial score (nSPS) is 48.0. The standard InChI is InChI=1S/C7H15NO2/c1-4-5(3-9)2-6(8)7(4)10/h4-7,9-10H,2-3,8H2,1H3. The van der Waals surface area contributed by atoms with Gasteiger partial charge in [-0.3, -0.25) is 0 Å². The van der Waals surface area contributed by atoms with Gasteiger partial charge >= 0.3 is 0 Å². The third kappa shape index (κ3) is 1.17. The molecule has 60 valence electrons. The highest BCUT2D eigenvalue weighted by molar-refractivity contribution is 4.90. The van der Waals surface area contributed by atoms with Crippen LogP contribution in [0.4, 0.5) is 0 Å². The van der Waals surface area contributed by atoms with Crippen molar-refractivity contribution in [2.45, 2.75) is 25.5 Å². The highest BCUT2D eigenvalue weighted by Crippen LogP contribution is 2.30. The highest BCUT2D eigenvalue weighted by Gasteiger charge is 2.36. The third-order valence-corrected chi connectivity index (χ3v) is 2.53. The summed E-state index contributed by atoms with van der Waals surface area (Å²) in [6.07, 6.45) is 0.330. The van der Waals surface area contributed by atoms with Crippen LogP contribution in [-0.4, -0.2) is 29.0 Å². The van der Waals surface area contributed by atoms with E-state index in [1.165, 1.54) is 0 Å². The Bertz CT molecular complexity index is 118. The smallest absolute Gasteiger partial charge is 0.0720 e. The molecule has 0 amide bonds. The van der Waals surface area contributed by atoms with Crippen LogP contribution in [0.3, 0.4) is 0 Å². The number of aliphatic hydroxyl groups is 2. The van der Waals surface area contributed by atoms with Gasteiger partial charge in [0.05, 0.1) is 6.10 Å². The Hall–Kier alpha value is -0.120. The van der Waals surface area contributed by atoms with Crippen LogP contribution in [0.25, 0.3) is 0 Å². The maximum absolute atomic E-state index is 9.33. The van der Waals surface area contributed by atoms with Crippen molar-refractivity contribution in [3.63, 3.8) is 0 Å². The molecular formula is C7H15NO2. The van der Waals surface area contributed by atoms with E-state index < -0.39 is 6.10 Å². The molecule has 0 bridgehead atoms. The molecule has 0 aromatic rings. The van der Waals surface area contributed by atoms with E-state index in [2.05, 4.69) is 0 Å². The van der Waals surface area contributed by atoms with Crippen molar-refractivity contribution < 1.29 is 10.2 Å². The van der Waals surface area contributed by atoms with Crippen LogP contribution < -0.4 is 5.73 Å². The molecule has 10 heavy (non-hydrogen) atoms. The molecule has 0 spiro atoms. The van der Waals surface area contributed by atoms with Gasteiger partial charge in [-0.2, -0.15) is 0 Å². The van der Waals surface area contributed by atoms with Crippen LogP contribution in [0, 0.1) is 11.8 Å². The first-order valence-electron chi connectivity index (χ1n) is 3.71. The van der Waals surface area contributed by atoms with Gasteiger partial charge in [0.25, 0.3) is 0 Å². The van der Waals surface area contributed by atoms with Gasteiger partial charge in [-0.1, -0.05) is 6.92 Å². The summed E-state index contributed by atoms with van der Waals surface area (Å²) >= 11 is 0. The highest BCUT2D eigenvalue weighted by atomic mass is 16.3. The van der Waals surface area contributed by atoms with Gasteiger partial charge in [0.15, 0.2) is 0 Å². The molecule has 1 aliphatic carbocycles. The molecule has 0 aromatic heterocycles. The van der Waals surface area contributed by atoms with Crippen LogP contribution in [0.15, 0.2) is 0 Å². The molecule has 1 fully saturated rings. The van der Waals surface area contributed by atoms with Crippen molar-refractivity contribution in [2.24, 2.45) is 17.6 Å². The van der Waals surface area contributed by atoms with E-state index in [1.54, 1.807) is 0 Å². The summed E-state index contributed by atoms with van der Waals surface area (Å²) in [6.45, 7) is 2.07. The van der Waals surface area contributed by atoms with Crippen LogP contribution in [-0.2, 0) is 0 Å². The number of rotatable bonds is 1. The first kappa shape index (κ1) is 7.98. The van der Waals surface area contributed by atoms with Gasteiger partial charge in [0, 0.05) is 12.6 Å². The van der Waals surface area contributed by atoms with E-state index in [9.17, 15) is 5.11 Å². The fourth-order valence-corrected chi connectivity index (χ4v) is 1.61. The van der Waals surface area contributed by atoms with Crippen LogP contribution in [0.2, 0.25) is 0 Å². The number of aliphatic hydroxyl groups excluding tert-OH is 2. The molecule has 1 aliphatic rings. The van der Waals surface area contributed by atoms with Crippen LogP contribution in [0.1, 0.15) is 13.3 Å². The summed E-state index contributed by atoms with van der Waals surface area (Å²) in [4.78, 5) is 0. The van der Waals surface area contributed by atoms with Crippen molar-refractivity contribution in [3.8, 4) is 0 Å². The fraction of sp³-hybridized carbons (Fsp3) is 1.00. The van der Waals surface area contributed by atoms with E-state index in [-0.39, 0.29) is 24.5 Å². The van der Waals surface area contributed by atoms with Crippen LogP contribution in [0.5, 0.6) is 0 Å². The Balaban J connectivity index is 2.53. The second-order valence-corrected chi connectivity index (χ2v) is 3.19. The molecule has 0 aliphatic heterocycles. The average molecular weight is 145 g/mol. The summed E-state index contributed by atoms with van der Waals surface area (Å²) in [5.74, 6) is 0.352. The molecule has 0 radical (unpaired) electrons. The second kappa shape index (κ2) is 2.86. The van der Waals surface area contributed by atoms with Crippen LogP contribution >= 0.6 is 0 Å². The van der Waals surface area contributed by atoms with Gasteiger partial charge in [-0.25, -0.2) is 0 Å². The second-order valence-electron chi connectivity index (χ2n) is 3.19. The summed E-state index contributed by atoms with van der Waals surface area (Å²) in [6, 6.07) is -0.132. The largest absolute Gasteiger partial charge is 0.396 e. The minimum Gasteiger partial charge on any atom is -0.396 e. The lowest BCUT2D eigenvalue weighted by Crippen LogP contribution is -2.31. The van der Waals surface area contributed by atoms with E-state index in [4.69, 9.17) is 10.8 Å². The zero-order chi connectivity index (χ0) is 7.72. The molecule has 0 saturated heterocycles. The predicted octanol–water partition coefficient (Wildman–Crippen LogP) is -0.677. The lowest BCUT2D eigenvalue weighted by molar-refractivity contribution is 0.100. The van der Waals surface area contributed by atoms with Crippen molar-refractivity contribution in [2.75, 3.05) is 6.61 Å². The maximum Gasteiger partial charge on any atom is 0.0720 e. The van der Waals surface area contributed by atoms with Gasteiger partial charge in [-0.05, 0) is 18.3 Å². The van der Waals surface area contributed by atoms with Gasteiger partial charge in [0.1, 0.15) is 0 Å². The first-order chi connectivity index (χ1) is 4.66. The first-order valence-corrected chi connectivity index (χ1v) is 3.71. The van der Waals surface area contributed by atoms with Crippen molar-refractivity contribution in [1.82, 2.24) is 0 Å². The van der Waals surface area contributed by atoms with Gasteiger partial charge < -0.3 is 15.9 Å². The minimum absolute atomic E-state index is 0.132. The zero-order valence-corrected chi connectivity index (χ0v) is 6.20. The fourth-order valence-electron chi connectivity index (χ4n) is 1.61. The van der Waals surface area contributed by atoms with Crippen molar-refractivity contribution in [1.29, 1.82) is 0 Å². The van der Waals surface area contributed by atoms with E-state index in [1.807, 2.05) is 6.92 Å². The monoisotopic (exact) mass is 145 g/mol. The topological polar surface area (TPSA) is 66.5 Å². The molecule has 4 N–H and O–H groups in total. The molecule has 1 rings (SSSR count). The number of hydrogen-bond donors (Lipinski definition) is 3. The Kier molecular flexibility index (Phi) is 2.28. The molecule has 3 heteroatoms. The SMILES string of the molecule is CC1C(CO)CC(N)C1O. The zero-order valence-electron chi connectivity index (χ0n) is 6.20. The van der Waals surface area contributed by atoms with Gasteiger partial charge in [0.2, 0.25) is 0 Å². The summed E-state index contributed by atoms with van der Waals surface area (Å²) < 4.78 is 0. The molecule has 3 nitrogen and oxygen atoms in total. The Labute approximate surface area is 60.9 Å². The number of nitrogens with two attached hydrogens (primary N) is 1. The van der Waals surface area contributed by atoms with Crippen molar-refractivity contribution >= 4 is 0 Å². The predicted molar refractivity (Wildman–Crippen MR) is 38.3 cm³/mol. The van der Waals surface area contributed by atoms with E-state index in [0.29, 0.717) is 0 Å². The summed E-state index contributed by atoms with van der Waals surface area (Å²) in [5.41, 5.74) is 5.57. The lowest BCUT2D eigenvalue weighted by Gasteiger charge is -2.14.